The zero-order valence-electron chi connectivity index (χ0n) is 12.6. The van der Waals surface area contributed by atoms with E-state index < -0.39 is 0 Å². The van der Waals surface area contributed by atoms with Crippen molar-refractivity contribution in [1.29, 1.82) is 0 Å². The number of hydrogen-bond donors (Lipinski definition) is 1. The summed E-state index contributed by atoms with van der Waals surface area (Å²) in [6.07, 6.45) is 2.47. The fourth-order valence-electron chi connectivity index (χ4n) is 3.05. The highest BCUT2D eigenvalue weighted by Gasteiger charge is 2.13. The van der Waals surface area contributed by atoms with Crippen molar-refractivity contribution in [2.24, 2.45) is 5.92 Å². The second kappa shape index (κ2) is 6.92. The van der Waals surface area contributed by atoms with Gasteiger partial charge in [-0.3, -0.25) is 0 Å². The van der Waals surface area contributed by atoms with E-state index in [0.717, 1.165) is 32.1 Å². The summed E-state index contributed by atoms with van der Waals surface area (Å²) >= 11 is 0. The molecule has 1 unspecified atom stereocenters. The van der Waals surface area contributed by atoms with Gasteiger partial charge in [-0.25, -0.2) is 0 Å². The van der Waals surface area contributed by atoms with Crippen molar-refractivity contribution in [3.05, 3.63) is 42.0 Å². The first-order valence-corrected chi connectivity index (χ1v) is 7.71. The topological polar surface area (TPSA) is 30.5 Å². The molecule has 3 rings (SSSR count). The Morgan fingerprint density at radius 1 is 1.19 bits per heavy atom. The molecule has 2 aromatic rings. The molecule has 0 aromatic heterocycles. The Hall–Kier alpha value is -1.58. The molecule has 0 amide bonds. The third-order valence-electron chi connectivity index (χ3n) is 4.20. The van der Waals surface area contributed by atoms with Crippen LogP contribution in [0.1, 0.15) is 18.4 Å². The molecule has 21 heavy (non-hydrogen) atoms. The molecule has 1 aliphatic heterocycles. The zero-order chi connectivity index (χ0) is 14.5. The van der Waals surface area contributed by atoms with Crippen LogP contribution < -0.4 is 10.1 Å². The smallest absolute Gasteiger partial charge is 0.126 e. The van der Waals surface area contributed by atoms with E-state index in [4.69, 9.17) is 9.47 Å². The number of ether oxygens (including phenoxy) is 2. The SMILES string of the molecule is COc1ccc(CNCC2CCCOC2)c2ccccc12. The molecule has 1 saturated heterocycles. The van der Waals surface area contributed by atoms with Gasteiger partial charge in [0.05, 0.1) is 13.7 Å². The summed E-state index contributed by atoms with van der Waals surface area (Å²) in [7, 11) is 1.72. The number of rotatable bonds is 5. The van der Waals surface area contributed by atoms with E-state index >= 15 is 0 Å². The van der Waals surface area contributed by atoms with E-state index in [0.29, 0.717) is 5.92 Å². The van der Waals surface area contributed by atoms with Crippen molar-refractivity contribution >= 4 is 10.8 Å². The third-order valence-corrected chi connectivity index (χ3v) is 4.20. The molecule has 3 nitrogen and oxygen atoms in total. The lowest BCUT2D eigenvalue weighted by Crippen LogP contribution is -2.28. The molecule has 0 spiro atoms. The molecule has 1 aliphatic rings. The Morgan fingerprint density at radius 3 is 2.81 bits per heavy atom. The van der Waals surface area contributed by atoms with E-state index in [2.05, 4.69) is 41.7 Å². The van der Waals surface area contributed by atoms with Gasteiger partial charge in [0.1, 0.15) is 5.75 Å². The molecule has 0 saturated carbocycles. The standard InChI is InChI=1S/C18H23NO2/c1-20-18-9-8-15(16-6-2-3-7-17(16)18)12-19-11-14-5-4-10-21-13-14/h2-3,6-9,14,19H,4-5,10-13H2,1H3. The van der Waals surface area contributed by atoms with Crippen molar-refractivity contribution < 1.29 is 9.47 Å². The molecule has 1 heterocycles. The average Bonchev–Trinajstić information content (AvgIpc) is 2.56. The summed E-state index contributed by atoms with van der Waals surface area (Å²) < 4.78 is 11.0. The molecule has 1 fully saturated rings. The van der Waals surface area contributed by atoms with Crippen LogP contribution in [0.3, 0.4) is 0 Å². The van der Waals surface area contributed by atoms with Crippen molar-refractivity contribution in [3.63, 3.8) is 0 Å². The van der Waals surface area contributed by atoms with E-state index in [1.165, 1.54) is 29.2 Å². The lowest BCUT2D eigenvalue weighted by molar-refractivity contribution is 0.0547. The van der Waals surface area contributed by atoms with Crippen LogP contribution in [0.25, 0.3) is 10.8 Å². The first kappa shape index (κ1) is 14.4. The Labute approximate surface area is 126 Å². The number of fused-ring (bicyclic) bond motifs is 1. The molecular weight excluding hydrogens is 262 g/mol. The first-order chi connectivity index (χ1) is 10.4. The van der Waals surface area contributed by atoms with E-state index in [1.807, 2.05) is 0 Å². The predicted octanol–water partition coefficient (Wildman–Crippen LogP) is 3.36. The first-order valence-electron chi connectivity index (χ1n) is 7.71. The summed E-state index contributed by atoms with van der Waals surface area (Å²) in [6.45, 7) is 3.75. The van der Waals surface area contributed by atoms with Gasteiger partial charge in [0.2, 0.25) is 0 Å². The van der Waals surface area contributed by atoms with Gasteiger partial charge in [0.15, 0.2) is 0 Å². The fraction of sp³-hybridized carbons (Fsp3) is 0.444. The zero-order valence-corrected chi connectivity index (χ0v) is 12.6. The van der Waals surface area contributed by atoms with Gasteiger partial charge < -0.3 is 14.8 Å². The van der Waals surface area contributed by atoms with Crippen LogP contribution in [0.4, 0.5) is 0 Å². The second-order valence-corrected chi connectivity index (χ2v) is 5.69. The second-order valence-electron chi connectivity index (χ2n) is 5.69. The molecule has 1 atom stereocenters. The summed E-state index contributed by atoms with van der Waals surface area (Å²) in [5, 5.41) is 6.03. The van der Waals surface area contributed by atoms with Gasteiger partial charge in [-0.15, -0.1) is 0 Å². The van der Waals surface area contributed by atoms with Crippen LogP contribution in [-0.4, -0.2) is 26.9 Å². The highest BCUT2D eigenvalue weighted by atomic mass is 16.5. The van der Waals surface area contributed by atoms with Gasteiger partial charge >= 0.3 is 0 Å². The minimum Gasteiger partial charge on any atom is -0.496 e. The number of hydrogen-bond acceptors (Lipinski definition) is 3. The van der Waals surface area contributed by atoms with Gasteiger partial charge in [-0.1, -0.05) is 30.3 Å². The Morgan fingerprint density at radius 2 is 2.05 bits per heavy atom. The maximum atomic E-state index is 5.53. The Balaban J connectivity index is 1.69. The van der Waals surface area contributed by atoms with Crippen molar-refractivity contribution in [2.75, 3.05) is 26.9 Å². The normalized spacial score (nSPS) is 18.8. The quantitative estimate of drug-likeness (QED) is 0.913. The van der Waals surface area contributed by atoms with E-state index in [1.54, 1.807) is 7.11 Å². The maximum Gasteiger partial charge on any atom is 0.126 e. The molecule has 0 radical (unpaired) electrons. The molecule has 0 aliphatic carbocycles. The van der Waals surface area contributed by atoms with E-state index in [9.17, 15) is 0 Å². The molecule has 1 N–H and O–H groups in total. The summed E-state index contributed by atoms with van der Waals surface area (Å²) in [6, 6.07) is 12.6. The van der Waals surface area contributed by atoms with Crippen LogP contribution in [0.15, 0.2) is 36.4 Å². The van der Waals surface area contributed by atoms with Gasteiger partial charge in [0, 0.05) is 25.1 Å². The van der Waals surface area contributed by atoms with Crippen LogP contribution >= 0.6 is 0 Å². The monoisotopic (exact) mass is 285 g/mol. The van der Waals surface area contributed by atoms with E-state index in [-0.39, 0.29) is 0 Å². The number of methoxy groups -OCH3 is 1. The molecule has 112 valence electrons. The minimum atomic E-state index is 0.656. The Bertz CT molecular complexity index is 591. The molecule has 3 heteroatoms. The maximum absolute atomic E-state index is 5.53. The van der Waals surface area contributed by atoms with Crippen LogP contribution in [-0.2, 0) is 11.3 Å². The van der Waals surface area contributed by atoms with Crippen LogP contribution in [0.2, 0.25) is 0 Å². The predicted molar refractivity (Wildman–Crippen MR) is 85.7 cm³/mol. The van der Waals surface area contributed by atoms with Crippen LogP contribution in [0.5, 0.6) is 5.75 Å². The van der Waals surface area contributed by atoms with Crippen LogP contribution in [0, 0.1) is 5.92 Å². The summed E-state index contributed by atoms with van der Waals surface area (Å²) in [5.41, 5.74) is 1.32. The molecule has 2 aromatic carbocycles. The van der Waals surface area contributed by atoms with Crippen molar-refractivity contribution in [3.8, 4) is 5.75 Å². The lowest BCUT2D eigenvalue weighted by Gasteiger charge is -2.22. The van der Waals surface area contributed by atoms with Gasteiger partial charge in [0.25, 0.3) is 0 Å². The lowest BCUT2D eigenvalue weighted by atomic mass is 10.0. The highest BCUT2D eigenvalue weighted by Crippen LogP contribution is 2.28. The highest BCUT2D eigenvalue weighted by molar-refractivity contribution is 5.91. The fourth-order valence-corrected chi connectivity index (χ4v) is 3.05. The largest absolute Gasteiger partial charge is 0.496 e. The van der Waals surface area contributed by atoms with Crippen molar-refractivity contribution in [2.45, 2.75) is 19.4 Å². The average molecular weight is 285 g/mol. The number of benzene rings is 2. The minimum absolute atomic E-state index is 0.656. The third kappa shape index (κ3) is 3.36. The molecular formula is C18H23NO2. The van der Waals surface area contributed by atoms with Gasteiger partial charge in [-0.2, -0.15) is 0 Å². The summed E-state index contributed by atoms with van der Waals surface area (Å²) in [4.78, 5) is 0. The van der Waals surface area contributed by atoms with Crippen molar-refractivity contribution in [1.82, 2.24) is 5.32 Å². The molecule has 0 bridgehead atoms. The van der Waals surface area contributed by atoms with Gasteiger partial charge in [-0.05, 0) is 35.8 Å². The Kier molecular flexibility index (Phi) is 4.73. The summed E-state index contributed by atoms with van der Waals surface area (Å²) in [5.74, 6) is 1.60. The number of nitrogens with one attached hydrogen (secondary N) is 1.